The van der Waals surface area contributed by atoms with Crippen molar-refractivity contribution in [3.8, 4) is 0 Å². The Morgan fingerprint density at radius 2 is 0.931 bits per heavy atom. The Bertz CT molecular complexity index is 645. The number of carboxylic acids is 2. The van der Waals surface area contributed by atoms with Crippen molar-refractivity contribution in [1.29, 1.82) is 0 Å². The summed E-state index contributed by atoms with van der Waals surface area (Å²) < 4.78 is 0. The van der Waals surface area contributed by atoms with Crippen molar-refractivity contribution in [2.24, 2.45) is 0 Å². The maximum Gasteiger partial charge on any atom is 2.00 e. The first-order valence-corrected chi connectivity index (χ1v) is 10.1. The number of unbranched alkanes of at least 4 members (excludes halogenated alkanes) is 4. The van der Waals surface area contributed by atoms with E-state index in [2.05, 4.69) is 13.8 Å². The van der Waals surface area contributed by atoms with Crippen LogP contribution in [0.4, 0.5) is 0 Å². The molecule has 0 amide bonds. The molecule has 0 N–H and O–H groups in total. The van der Waals surface area contributed by atoms with E-state index in [4.69, 9.17) is 0 Å². The van der Waals surface area contributed by atoms with Crippen molar-refractivity contribution >= 4 is 11.9 Å². The van der Waals surface area contributed by atoms with Gasteiger partial charge in [-0.3, -0.25) is 0 Å². The molecule has 5 heteroatoms. The summed E-state index contributed by atoms with van der Waals surface area (Å²) in [6.07, 6.45) is 9.25. The van der Waals surface area contributed by atoms with E-state index in [9.17, 15) is 19.8 Å². The molecule has 0 heterocycles. The molecule has 0 spiro atoms. The molecule has 152 valence electrons. The second kappa shape index (κ2) is 15.9. The molecular weight excluding hydrogens is 418 g/mol. The Labute approximate surface area is 187 Å². The van der Waals surface area contributed by atoms with Crippen LogP contribution in [-0.2, 0) is 32.3 Å². The zero-order valence-corrected chi connectivity index (χ0v) is 20.6. The van der Waals surface area contributed by atoms with Gasteiger partial charge >= 0.3 is 19.5 Å². The average molecular weight is 448 g/mol. The third kappa shape index (κ3) is 11.6. The van der Waals surface area contributed by atoms with Gasteiger partial charge in [0.1, 0.15) is 0 Å². The second-order valence-electron chi connectivity index (χ2n) is 6.88. The molecule has 0 bridgehead atoms. The van der Waals surface area contributed by atoms with E-state index in [0.717, 1.165) is 12.8 Å². The van der Waals surface area contributed by atoms with Crippen LogP contribution in [0.5, 0.6) is 0 Å². The number of carbonyl (C=O) groups excluding carboxylic acids is 2. The van der Waals surface area contributed by atoms with Crippen LogP contribution in [0.2, 0.25) is 0 Å². The number of aryl methyl sites for hydroxylation is 2. The van der Waals surface area contributed by atoms with Gasteiger partial charge in [-0.05, 0) is 47.9 Å². The van der Waals surface area contributed by atoms with E-state index in [1.54, 1.807) is 24.3 Å². The summed E-state index contributed by atoms with van der Waals surface area (Å²) in [5.74, 6) is -2.21. The summed E-state index contributed by atoms with van der Waals surface area (Å²) in [6, 6.07) is 13.9. The molecule has 0 saturated heterocycles. The summed E-state index contributed by atoms with van der Waals surface area (Å²) in [5, 5.41) is 20.9. The molecule has 4 nitrogen and oxygen atoms in total. The fourth-order valence-electron chi connectivity index (χ4n) is 2.77. The minimum atomic E-state index is -1.11. The first-order chi connectivity index (χ1) is 13.5. The summed E-state index contributed by atoms with van der Waals surface area (Å²) in [4.78, 5) is 20.9. The molecule has 0 unspecified atom stereocenters. The largest absolute Gasteiger partial charge is 2.00 e. The van der Waals surface area contributed by atoms with E-state index >= 15 is 0 Å². The maximum absolute atomic E-state index is 10.5. The predicted molar refractivity (Wildman–Crippen MR) is 108 cm³/mol. The van der Waals surface area contributed by atoms with Gasteiger partial charge in [-0.25, -0.2) is 0 Å². The minimum absolute atomic E-state index is 0. The van der Waals surface area contributed by atoms with Crippen LogP contribution >= 0.6 is 0 Å². The fraction of sp³-hybridized carbons (Fsp3) is 0.417. The Morgan fingerprint density at radius 3 is 1.17 bits per heavy atom. The van der Waals surface area contributed by atoms with Crippen LogP contribution in [0.25, 0.3) is 0 Å². The van der Waals surface area contributed by atoms with Gasteiger partial charge in [0.2, 0.25) is 0 Å². The molecule has 2 rings (SSSR count). The molecule has 2 aromatic carbocycles. The number of aromatic carboxylic acids is 2. The first-order valence-electron chi connectivity index (χ1n) is 10.1. The standard InChI is InChI=1S/2C12H16O2.Zn/c2*1-2-3-4-5-10-6-8-11(9-7-10)12(13)14;/h2*6-9H,2-5H2,1H3,(H,13,14);/q;;+2/p-2. The molecule has 0 aliphatic rings. The van der Waals surface area contributed by atoms with Crippen molar-refractivity contribution in [2.45, 2.75) is 65.2 Å². The Kier molecular flexibility index (Phi) is 14.8. The zero-order chi connectivity index (χ0) is 20.8. The maximum atomic E-state index is 10.5. The van der Waals surface area contributed by atoms with E-state index < -0.39 is 11.9 Å². The topological polar surface area (TPSA) is 80.3 Å². The normalized spacial score (nSPS) is 9.72. The van der Waals surface area contributed by atoms with Gasteiger partial charge < -0.3 is 19.8 Å². The number of hydrogen-bond donors (Lipinski definition) is 0. The summed E-state index contributed by atoms with van der Waals surface area (Å²) in [5.41, 5.74) is 2.90. The molecular formula is C24H30O4Zn. The average Bonchev–Trinajstić information content (AvgIpc) is 2.70. The number of hydrogen-bond acceptors (Lipinski definition) is 4. The molecule has 0 saturated carbocycles. The van der Waals surface area contributed by atoms with Crippen molar-refractivity contribution < 1.29 is 39.3 Å². The Hall–Kier alpha value is -2.00. The van der Waals surface area contributed by atoms with Gasteiger partial charge in [-0.15, -0.1) is 0 Å². The quantitative estimate of drug-likeness (QED) is 0.412. The Morgan fingerprint density at radius 1 is 0.621 bits per heavy atom. The first kappa shape index (κ1) is 27.0. The van der Waals surface area contributed by atoms with E-state index in [0.29, 0.717) is 0 Å². The van der Waals surface area contributed by atoms with Crippen LogP contribution in [0, 0.1) is 0 Å². The summed E-state index contributed by atoms with van der Waals surface area (Å²) in [6.45, 7) is 4.33. The summed E-state index contributed by atoms with van der Waals surface area (Å²) >= 11 is 0. The van der Waals surface area contributed by atoms with Crippen molar-refractivity contribution in [2.75, 3.05) is 0 Å². The molecule has 2 aromatic rings. The monoisotopic (exact) mass is 446 g/mol. The third-order valence-electron chi connectivity index (χ3n) is 4.52. The van der Waals surface area contributed by atoms with E-state index in [-0.39, 0.29) is 30.6 Å². The van der Waals surface area contributed by atoms with E-state index in [1.807, 2.05) is 24.3 Å². The smallest absolute Gasteiger partial charge is 0.545 e. The SMILES string of the molecule is CCCCCc1ccc(C(=O)[O-])cc1.CCCCCc1ccc(C(=O)[O-])cc1.[Zn+2]. The minimum Gasteiger partial charge on any atom is -0.545 e. The number of carboxylic acid groups (broad SMARTS) is 2. The molecule has 0 aromatic heterocycles. The van der Waals surface area contributed by atoms with Crippen LogP contribution in [0.1, 0.15) is 84.2 Å². The van der Waals surface area contributed by atoms with Gasteiger partial charge in [-0.2, -0.15) is 0 Å². The molecule has 0 aliphatic carbocycles. The fourth-order valence-corrected chi connectivity index (χ4v) is 2.77. The van der Waals surface area contributed by atoms with Crippen molar-refractivity contribution in [1.82, 2.24) is 0 Å². The van der Waals surface area contributed by atoms with E-state index in [1.165, 1.54) is 49.7 Å². The van der Waals surface area contributed by atoms with Crippen LogP contribution in [0.15, 0.2) is 48.5 Å². The number of benzene rings is 2. The van der Waals surface area contributed by atoms with Crippen molar-refractivity contribution in [3.05, 3.63) is 70.8 Å². The molecule has 29 heavy (non-hydrogen) atoms. The van der Waals surface area contributed by atoms with Gasteiger partial charge in [0.15, 0.2) is 0 Å². The van der Waals surface area contributed by atoms with Gasteiger partial charge in [0.25, 0.3) is 0 Å². The van der Waals surface area contributed by atoms with Crippen LogP contribution < -0.4 is 10.2 Å². The van der Waals surface area contributed by atoms with Gasteiger partial charge in [0, 0.05) is 0 Å². The number of rotatable bonds is 10. The van der Waals surface area contributed by atoms with Gasteiger partial charge in [-0.1, -0.05) is 88.1 Å². The third-order valence-corrected chi connectivity index (χ3v) is 4.52. The molecule has 0 atom stereocenters. The molecule has 0 radical (unpaired) electrons. The second-order valence-corrected chi connectivity index (χ2v) is 6.88. The van der Waals surface area contributed by atoms with Crippen molar-refractivity contribution in [3.63, 3.8) is 0 Å². The number of carbonyl (C=O) groups is 2. The van der Waals surface area contributed by atoms with Crippen LogP contribution in [-0.4, -0.2) is 11.9 Å². The molecule has 0 aliphatic heterocycles. The predicted octanol–water partition coefficient (Wildman–Crippen LogP) is 3.56. The Balaban J connectivity index is 0.000000523. The molecule has 0 fully saturated rings. The van der Waals surface area contributed by atoms with Gasteiger partial charge in [0.05, 0.1) is 11.9 Å². The van der Waals surface area contributed by atoms with Crippen LogP contribution in [0.3, 0.4) is 0 Å². The summed E-state index contributed by atoms with van der Waals surface area (Å²) in [7, 11) is 0. The zero-order valence-electron chi connectivity index (χ0n) is 17.6.